The van der Waals surface area contributed by atoms with Gasteiger partial charge in [0.2, 0.25) is 0 Å². The molecule has 1 heterocycles. The zero-order valence-corrected chi connectivity index (χ0v) is 15.2. The lowest BCUT2D eigenvalue weighted by Gasteiger charge is -2.11. The molecule has 1 aliphatic carbocycles. The summed E-state index contributed by atoms with van der Waals surface area (Å²) < 4.78 is 2.76. The van der Waals surface area contributed by atoms with E-state index < -0.39 is 0 Å². The lowest BCUT2D eigenvalue weighted by Crippen LogP contribution is -1.91. The Labute approximate surface area is 157 Å². The van der Waals surface area contributed by atoms with Crippen molar-refractivity contribution in [2.24, 2.45) is 0 Å². The molecule has 0 fully saturated rings. The van der Waals surface area contributed by atoms with Gasteiger partial charge in [-0.3, -0.25) is 0 Å². The maximum absolute atomic E-state index is 2.23. The third-order valence-electron chi connectivity index (χ3n) is 4.94. The molecule has 0 spiro atoms. The summed E-state index contributed by atoms with van der Waals surface area (Å²) in [7, 11) is 0. The van der Waals surface area contributed by atoms with E-state index in [9.17, 15) is 0 Å². The molecule has 0 saturated carbocycles. The Morgan fingerprint density at radius 2 is 1.27 bits per heavy atom. The average molecular weight is 350 g/mol. The van der Waals surface area contributed by atoms with E-state index in [0.29, 0.717) is 0 Å². The Hall–Kier alpha value is -2.90. The molecule has 0 amide bonds. The average Bonchev–Trinajstić information content (AvgIpc) is 3.08. The minimum atomic E-state index is 1.08. The smallest absolute Gasteiger partial charge is 0.0355 e. The van der Waals surface area contributed by atoms with Gasteiger partial charge in [0.05, 0.1) is 0 Å². The second-order valence-corrected chi connectivity index (χ2v) is 7.65. The van der Waals surface area contributed by atoms with Crippen molar-refractivity contribution in [1.82, 2.24) is 0 Å². The summed E-state index contributed by atoms with van der Waals surface area (Å²) in [6, 6.07) is 30.2. The van der Waals surface area contributed by atoms with Gasteiger partial charge in [0, 0.05) is 20.2 Å². The van der Waals surface area contributed by atoms with Crippen LogP contribution in [0.1, 0.15) is 11.1 Å². The fourth-order valence-corrected chi connectivity index (χ4v) is 4.85. The zero-order chi connectivity index (χ0) is 17.3. The first-order valence-electron chi connectivity index (χ1n) is 8.93. The first-order valence-corrected chi connectivity index (χ1v) is 9.75. The SMILES string of the molecule is C1=Cc2cccc3cccc(c23)C1.c1ccc2c(c1)sc1ccccc12. The van der Waals surface area contributed by atoms with Gasteiger partial charge in [0.25, 0.3) is 0 Å². The van der Waals surface area contributed by atoms with Crippen molar-refractivity contribution in [2.75, 3.05) is 0 Å². The predicted octanol–water partition coefficient (Wildman–Crippen LogP) is 7.46. The maximum Gasteiger partial charge on any atom is 0.0355 e. The third kappa shape index (κ3) is 2.61. The van der Waals surface area contributed by atoms with Gasteiger partial charge >= 0.3 is 0 Å². The molecule has 1 aliphatic rings. The van der Waals surface area contributed by atoms with Gasteiger partial charge in [-0.1, -0.05) is 84.9 Å². The number of allylic oxidation sites excluding steroid dienone is 1. The van der Waals surface area contributed by atoms with Gasteiger partial charge in [0.1, 0.15) is 0 Å². The van der Waals surface area contributed by atoms with Gasteiger partial charge in [-0.05, 0) is 40.5 Å². The topological polar surface area (TPSA) is 0 Å². The van der Waals surface area contributed by atoms with Gasteiger partial charge < -0.3 is 0 Å². The molecule has 26 heavy (non-hydrogen) atoms. The Kier molecular flexibility index (Phi) is 3.80. The van der Waals surface area contributed by atoms with Crippen molar-refractivity contribution in [3.05, 3.63) is 102 Å². The monoisotopic (exact) mass is 350 g/mol. The van der Waals surface area contributed by atoms with Crippen LogP contribution in [0, 0.1) is 0 Å². The molecule has 1 heteroatoms. The minimum Gasteiger partial charge on any atom is -0.135 e. The second-order valence-electron chi connectivity index (χ2n) is 6.56. The lowest BCUT2D eigenvalue weighted by molar-refractivity contribution is 1.29. The van der Waals surface area contributed by atoms with Crippen LogP contribution in [-0.2, 0) is 6.42 Å². The molecule has 0 atom stereocenters. The molecule has 124 valence electrons. The molecule has 5 aromatic rings. The van der Waals surface area contributed by atoms with E-state index in [-0.39, 0.29) is 0 Å². The maximum atomic E-state index is 2.23. The van der Waals surface area contributed by atoms with E-state index in [0.717, 1.165) is 6.42 Å². The molecular weight excluding hydrogens is 332 g/mol. The van der Waals surface area contributed by atoms with Crippen LogP contribution in [0.25, 0.3) is 37.0 Å². The van der Waals surface area contributed by atoms with Gasteiger partial charge in [-0.25, -0.2) is 0 Å². The summed E-state index contributed by atoms with van der Waals surface area (Å²) in [6.45, 7) is 0. The Balaban J connectivity index is 0.000000115. The van der Waals surface area contributed by atoms with E-state index in [1.165, 1.54) is 42.1 Å². The molecule has 0 aliphatic heterocycles. The standard InChI is InChI=1S/C13H10.C12H8S/c1-4-10-6-2-8-12-9-3-7-11(5-1)13(10)12;1-3-7-11-9(5-1)10-6-2-4-8-12(10)13-11/h1-8H,9H2;1-8H. The van der Waals surface area contributed by atoms with Crippen molar-refractivity contribution in [3.63, 3.8) is 0 Å². The van der Waals surface area contributed by atoms with Gasteiger partial charge in [0.15, 0.2) is 0 Å². The number of thiophene rings is 1. The van der Waals surface area contributed by atoms with Crippen LogP contribution in [-0.4, -0.2) is 0 Å². The van der Waals surface area contributed by atoms with E-state index in [1.54, 1.807) is 0 Å². The highest BCUT2D eigenvalue weighted by Gasteiger charge is 2.06. The summed E-state index contributed by atoms with van der Waals surface area (Å²) in [6.07, 6.45) is 5.53. The lowest BCUT2D eigenvalue weighted by atomic mass is 9.93. The largest absolute Gasteiger partial charge is 0.135 e. The minimum absolute atomic E-state index is 1.08. The fraction of sp³-hybridized carbons (Fsp3) is 0.0400. The molecule has 0 radical (unpaired) electrons. The van der Waals surface area contributed by atoms with Crippen molar-refractivity contribution in [1.29, 1.82) is 0 Å². The highest BCUT2D eigenvalue weighted by Crippen LogP contribution is 2.33. The molecular formula is C25H18S. The summed E-state index contributed by atoms with van der Waals surface area (Å²) in [5.41, 5.74) is 2.81. The normalized spacial score (nSPS) is 12.3. The van der Waals surface area contributed by atoms with Crippen LogP contribution in [0.5, 0.6) is 0 Å². The summed E-state index contributed by atoms with van der Waals surface area (Å²) in [5, 5.41) is 5.55. The Bertz CT molecular complexity index is 1200. The van der Waals surface area contributed by atoms with Crippen LogP contribution in [0.3, 0.4) is 0 Å². The van der Waals surface area contributed by atoms with Crippen molar-refractivity contribution < 1.29 is 0 Å². The fourth-order valence-electron chi connectivity index (χ4n) is 3.75. The predicted molar refractivity (Wildman–Crippen MR) is 116 cm³/mol. The molecule has 0 saturated heterocycles. The van der Waals surface area contributed by atoms with E-state index in [1.807, 2.05) is 11.3 Å². The molecule has 0 bridgehead atoms. The van der Waals surface area contributed by atoms with E-state index in [2.05, 4.69) is 97.1 Å². The Morgan fingerprint density at radius 3 is 2.00 bits per heavy atom. The van der Waals surface area contributed by atoms with Crippen LogP contribution >= 0.6 is 11.3 Å². The summed E-state index contributed by atoms with van der Waals surface area (Å²) in [5.74, 6) is 0. The highest BCUT2D eigenvalue weighted by atomic mass is 32.1. The van der Waals surface area contributed by atoms with Gasteiger partial charge in [-0.15, -0.1) is 11.3 Å². The summed E-state index contributed by atoms with van der Waals surface area (Å²) in [4.78, 5) is 0. The zero-order valence-electron chi connectivity index (χ0n) is 14.4. The number of rotatable bonds is 0. The molecule has 6 rings (SSSR count). The third-order valence-corrected chi connectivity index (χ3v) is 6.09. The number of fused-ring (bicyclic) bond motifs is 3. The number of benzene rings is 4. The molecule has 4 aromatic carbocycles. The first kappa shape index (κ1) is 15.4. The molecule has 1 aromatic heterocycles. The highest BCUT2D eigenvalue weighted by molar-refractivity contribution is 7.25. The van der Waals surface area contributed by atoms with Gasteiger partial charge in [-0.2, -0.15) is 0 Å². The van der Waals surface area contributed by atoms with Crippen molar-refractivity contribution >= 4 is 48.4 Å². The van der Waals surface area contributed by atoms with Crippen LogP contribution in [0.2, 0.25) is 0 Å². The van der Waals surface area contributed by atoms with Crippen molar-refractivity contribution in [3.8, 4) is 0 Å². The second kappa shape index (κ2) is 6.44. The molecule has 0 unspecified atom stereocenters. The first-order chi connectivity index (χ1) is 12.9. The van der Waals surface area contributed by atoms with E-state index >= 15 is 0 Å². The summed E-state index contributed by atoms with van der Waals surface area (Å²) >= 11 is 1.86. The number of hydrogen-bond acceptors (Lipinski definition) is 1. The van der Waals surface area contributed by atoms with Crippen LogP contribution in [0.15, 0.2) is 91.0 Å². The van der Waals surface area contributed by atoms with Crippen LogP contribution < -0.4 is 0 Å². The van der Waals surface area contributed by atoms with Crippen LogP contribution in [0.4, 0.5) is 0 Å². The molecule has 0 N–H and O–H groups in total. The number of hydrogen-bond donors (Lipinski definition) is 0. The quantitative estimate of drug-likeness (QED) is 0.272. The van der Waals surface area contributed by atoms with E-state index in [4.69, 9.17) is 0 Å². The Morgan fingerprint density at radius 1 is 0.615 bits per heavy atom. The van der Waals surface area contributed by atoms with Crippen molar-refractivity contribution in [2.45, 2.75) is 6.42 Å². The molecule has 0 nitrogen and oxygen atoms in total.